The van der Waals surface area contributed by atoms with E-state index in [4.69, 9.17) is 11.6 Å². The van der Waals surface area contributed by atoms with Crippen molar-refractivity contribution < 1.29 is 4.79 Å². The molecule has 76 valence electrons. The summed E-state index contributed by atoms with van der Waals surface area (Å²) in [5.74, 6) is 0.606. The fraction of sp³-hybridized carbons (Fsp3) is 0.889. The van der Waals surface area contributed by atoms with Gasteiger partial charge in [0.2, 0.25) is 5.91 Å². The van der Waals surface area contributed by atoms with Crippen LogP contribution in [0.2, 0.25) is 0 Å². The number of alkyl halides is 1. The van der Waals surface area contributed by atoms with Crippen LogP contribution in [0.1, 0.15) is 19.8 Å². The van der Waals surface area contributed by atoms with Crippen LogP contribution in [0.15, 0.2) is 0 Å². The van der Waals surface area contributed by atoms with Gasteiger partial charge in [-0.05, 0) is 18.9 Å². The fourth-order valence-corrected chi connectivity index (χ4v) is 1.89. The van der Waals surface area contributed by atoms with Gasteiger partial charge in [0.25, 0.3) is 0 Å². The minimum Gasteiger partial charge on any atom is -0.351 e. The van der Waals surface area contributed by atoms with Gasteiger partial charge in [-0.15, -0.1) is 11.6 Å². The second-order valence-electron chi connectivity index (χ2n) is 3.47. The lowest BCUT2D eigenvalue weighted by atomic mass is 9.90. The molecule has 1 saturated heterocycles. The van der Waals surface area contributed by atoms with E-state index in [2.05, 4.69) is 17.6 Å². The van der Waals surface area contributed by atoms with Crippen LogP contribution in [0.3, 0.4) is 0 Å². The van der Waals surface area contributed by atoms with E-state index in [9.17, 15) is 4.79 Å². The summed E-state index contributed by atoms with van der Waals surface area (Å²) in [5, 5.41) is 6.21. The van der Waals surface area contributed by atoms with Crippen molar-refractivity contribution in [1.82, 2.24) is 10.6 Å². The minimum atomic E-state index is -0.0613. The molecule has 0 aromatic heterocycles. The molecule has 0 aromatic carbocycles. The number of rotatable bonds is 3. The Labute approximate surface area is 84.2 Å². The van der Waals surface area contributed by atoms with E-state index in [0.717, 1.165) is 25.9 Å². The molecule has 1 heterocycles. The normalized spacial score (nSPS) is 28.5. The molecule has 2 N–H and O–H groups in total. The Balaban J connectivity index is 2.40. The summed E-state index contributed by atoms with van der Waals surface area (Å²) in [7, 11) is 0. The van der Waals surface area contributed by atoms with Gasteiger partial charge in [-0.1, -0.05) is 13.3 Å². The van der Waals surface area contributed by atoms with Crippen molar-refractivity contribution in [1.29, 1.82) is 0 Å². The zero-order valence-corrected chi connectivity index (χ0v) is 8.73. The van der Waals surface area contributed by atoms with Crippen LogP contribution in [0.5, 0.6) is 0 Å². The topological polar surface area (TPSA) is 41.1 Å². The molecular formula is C9H17ClN2O. The highest BCUT2D eigenvalue weighted by Crippen LogP contribution is 2.15. The molecule has 1 aliphatic heterocycles. The molecule has 2 atom stereocenters. The Bertz CT molecular complexity index is 175. The Kier molecular flexibility index (Phi) is 4.53. The van der Waals surface area contributed by atoms with E-state index in [0.29, 0.717) is 5.92 Å². The quantitative estimate of drug-likeness (QED) is 0.666. The Hall–Kier alpha value is -0.280. The van der Waals surface area contributed by atoms with Crippen molar-refractivity contribution in [2.75, 3.05) is 19.0 Å². The van der Waals surface area contributed by atoms with Crippen LogP contribution in [-0.4, -0.2) is 30.9 Å². The number of hydrogen-bond donors (Lipinski definition) is 2. The van der Waals surface area contributed by atoms with E-state index >= 15 is 0 Å². The summed E-state index contributed by atoms with van der Waals surface area (Å²) in [6.07, 6.45) is 2.26. The lowest BCUT2D eigenvalue weighted by molar-refractivity contribution is -0.119. The molecule has 1 amide bonds. The second kappa shape index (κ2) is 5.45. The molecular weight excluding hydrogens is 188 g/mol. The van der Waals surface area contributed by atoms with Crippen LogP contribution in [0, 0.1) is 5.92 Å². The highest BCUT2D eigenvalue weighted by atomic mass is 35.5. The third kappa shape index (κ3) is 3.16. The lowest BCUT2D eigenvalue weighted by Gasteiger charge is -2.31. The summed E-state index contributed by atoms with van der Waals surface area (Å²) in [6.45, 7) is 4.10. The zero-order valence-electron chi connectivity index (χ0n) is 7.98. The first kappa shape index (κ1) is 10.8. The van der Waals surface area contributed by atoms with Crippen molar-refractivity contribution >= 4 is 17.5 Å². The van der Waals surface area contributed by atoms with Crippen LogP contribution in [0.4, 0.5) is 0 Å². The SMILES string of the molecule is CCC1CCNCC1NC(=O)CCl. The van der Waals surface area contributed by atoms with Gasteiger partial charge in [-0.25, -0.2) is 0 Å². The minimum absolute atomic E-state index is 0.0613. The van der Waals surface area contributed by atoms with Gasteiger partial charge in [0.05, 0.1) is 0 Å². The molecule has 1 aliphatic rings. The van der Waals surface area contributed by atoms with Crippen molar-refractivity contribution in [2.24, 2.45) is 5.92 Å². The summed E-state index contributed by atoms with van der Waals surface area (Å²) in [6, 6.07) is 0.269. The van der Waals surface area contributed by atoms with Gasteiger partial charge >= 0.3 is 0 Å². The zero-order chi connectivity index (χ0) is 9.68. The summed E-state index contributed by atoms with van der Waals surface area (Å²) in [5.41, 5.74) is 0. The van der Waals surface area contributed by atoms with Crippen LogP contribution < -0.4 is 10.6 Å². The van der Waals surface area contributed by atoms with Gasteiger partial charge in [-0.3, -0.25) is 4.79 Å². The highest BCUT2D eigenvalue weighted by Gasteiger charge is 2.24. The third-order valence-corrected chi connectivity index (χ3v) is 2.86. The summed E-state index contributed by atoms with van der Waals surface area (Å²) >= 11 is 5.43. The first-order chi connectivity index (χ1) is 6.27. The smallest absolute Gasteiger partial charge is 0.235 e. The maximum atomic E-state index is 11.1. The van der Waals surface area contributed by atoms with Gasteiger partial charge in [-0.2, -0.15) is 0 Å². The Morgan fingerprint density at radius 2 is 2.46 bits per heavy atom. The standard InChI is InChI=1S/C9H17ClN2O/c1-2-7-3-4-11-6-8(7)12-9(13)5-10/h7-8,11H,2-6H2,1H3,(H,12,13). The number of carbonyl (C=O) groups excluding carboxylic acids is 1. The first-order valence-corrected chi connectivity index (χ1v) is 5.37. The van der Waals surface area contributed by atoms with Crippen LogP contribution >= 0.6 is 11.6 Å². The molecule has 3 nitrogen and oxygen atoms in total. The van der Waals surface area contributed by atoms with Crippen LogP contribution in [0.25, 0.3) is 0 Å². The monoisotopic (exact) mass is 204 g/mol. The third-order valence-electron chi connectivity index (χ3n) is 2.62. The van der Waals surface area contributed by atoms with Gasteiger partial charge in [0.15, 0.2) is 0 Å². The molecule has 0 spiro atoms. The number of nitrogens with one attached hydrogen (secondary N) is 2. The molecule has 0 saturated carbocycles. The highest BCUT2D eigenvalue weighted by molar-refractivity contribution is 6.27. The van der Waals surface area contributed by atoms with Gasteiger partial charge in [0, 0.05) is 12.6 Å². The number of piperidine rings is 1. The molecule has 1 rings (SSSR count). The Morgan fingerprint density at radius 1 is 1.69 bits per heavy atom. The predicted molar refractivity (Wildman–Crippen MR) is 53.9 cm³/mol. The number of hydrogen-bond acceptors (Lipinski definition) is 2. The number of carbonyl (C=O) groups is 1. The first-order valence-electron chi connectivity index (χ1n) is 4.84. The van der Waals surface area contributed by atoms with E-state index in [-0.39, 0.29) is 17.8 Å². The second-order valence-corrected chi connectivity index (χ2v) is 3.74. The van der Waals surface area contributed by atoms with Crippen molar-refractivity contribution in [3.8, 4) is 0 Å². The Morgan fingerprint density at radius 3 is 3.08 bits per heavy atom. The van der Waals surface area contributed by atoms with Crippen LogP contribution in [-0.2, 0) is 4.79 Å². The average molecular weight is 205 g/mol. The van der Waals surface area contributed by atoms with Crippen molar-refractivity contribution in [3.05, 3.63) is 0 Å². The van der Waals surface area contributed by atoms with Crippen molar-refractivity contribution in [2.45, 2.75) is 25.8 Å². The number of amides is 1. The van der Waals surface area contributed by atoms with E-state index in [1.54, 1.807) is 0 Å². The maximum Gasteiger partial charge on any atom is 0.235 e. The van der Waals surface area contributed by atoms with E-state index in [1.807, 2.05) is 0 Å². The molecule has 0 aliphatic carbocycles. The van der Waals surface area contributed by atoms with E-state index in [1.165, 1.54) is 0 Å². The van der Waals surface area contributed by atoms with E-state index < -0.39 is 0 Å². The molecule has 4 heteroatoms. The largest absolute Gasteiger partial charge is 0.351 e. The summed E-state index contributed by atoms with van der Waals surface area (Å²) < 4.78 is 0. The fourth-order valence-electron chi connectivity index (χ4n) is 1.82. The van der Waals surface area contributed by atoms with Gasteiger partial charge < -0.3 is 10.6 Å². The average Bonchev–Trinajstić information content (AvgIpc) is 2.18. The van der Waals surface area contributed by atoms with Crippen molar-refractivity contribution in [3.63, 3.8) is 0 Å². The molecule has 13 heavy (non-hydrogen) atoms. The molecule has 0 bridgehead atoms. The predicted octanol–water partition coefficient (Wildman–Crippen LogP) is 0.729. The van der Waals surface area contributed by atoms with Gasteiger partial charge in [0.1, 0.15) is 5.88 Å². The summed E-state index contributed by atoms with van der Waals surface area (Å²) in [4.78, 5) is 11.1. The number of halogens is 1. The maximum absolute atomic E-state index is 11.1. The molecule has 0 radical (unpaired) electrons. The molecule has 1 fully saturated rings. The molecule has 0 aromatic rings. The molecule has 2 unspecified atom stereocenters. The lowest BCUT2D eigenvalue weighted by Crippen LogP contribution is -2.51.